The molecule has 19 heavy (non-hydrogen) atoms. The number of aliphatic carboxylic acids is 1. The Morgan fingerprint density at radius 1 is 1.58 bits per heavy atom. The number of ether oxygens (including phenoxy) is 1. The first kappa shape index (κ1) is 14.4. The zero-order valence-corrected chi connectivity index (χ0v) is 12.8. The van der Waals surface area contributed by atoms with Crippen molar-refractivity contribution in [3.63, 3.8) is 0 Å². The van der Waals surface area contributed by atoms with Crippen LogP contribution in [0.25, 0.3) is 0 Å². The Labute approximate surface area is 122 Å². The van der Waals surface area contributed by atoms with E-state index in [4.69, 9.17) is 9.84 Å². The third-order valence-corrected chi connectivity index (χ3v) is 4.36. The Balaban J connectivity index is 1.96. The normalized spacial score (nSPS) is 22.9. The van der Waals surface area contributed by atoms with E-state index < -0.39 is 5.97 Å². The van der Waals surface area contributed by atoms with Crippen molar-refractivity contribution in [3.05, 3.63) is 28.2 Å². The Morgan fingerprint density at radius 2 is 2.32 bits per heavy atom. The summed E-state index contributed by atoms with van der Waals surface area (Å²) < 4.78 is 6.44. The highest BCUT2D eigenvalue weighted by Crippen LogP contribution is 2.45. The summed E-state index contributed by atoms with van der Waals surface area (Å²) in [5.74, 6) is 0.827. The van der Waals surface area contributed by atoms with Crippen LogP contribution in [0.5, 0.6) is 5.75 Å². The minimum absolute atomic E-state index is 0.124. The van der Waals surface area contributed by atoms with Gasteiger partial charge in [-0.25, -0.2) is 0 Å². The van der Waals surface area contributed by atoms with Gasteiger partial charge in [0.15, 0.2) is 0 Å². The summed E-state index contributed by atoms with van der Waals surface area (Å²) in [6.07, 6.45) is 1.74. The van der Waals surface area contributed by atoms with Crippen molar-refractivity contribution in [1.82, 2.24) is 0 Å². The van der Waals surface area contributed by atoms with Crippen molar-refractivity contribution in [2.45, 2.75) is 26.7 Å². The smallest absolute Gasteiger partial charge is 0.306 e. The topological polar surface area (TPSA) is 46.5 Å². The molecule has 0 aliphatic heterocycles. The van der Waals surface area contributed by atoms with Gasteiger partial charge in [-0.3, -0.25) is 4.79 Å². The third kappa shape index (κ3) is 3.50. The highest BCUT2D eigenvalue weighted by atomic mass is 79.9. The quantitative estimate of drug-likeness (QED) is 0.866. The highest BCUT2D eigenvalue weighted by molar-refractivity contribution is 9.10. The first-order valence-corrected chi connectivity index (χ1v) is 7.46. The maximum absolute atomic E-state index is 10.9. The fourth-order valence-electron chi connectivity index (χ4n) is 2.59. The zero-order chi connectivity index (χ0) is 14.0. The summed E-state index contributed by atoms with van der Waals surface area (Å²) in [4.78, 5) is 10.9. The van der Waals surface area contributed by atoms with Crippen molar-refractivity contribution in [2.24, 2.45) is 17.8 Å². The molecule has 1 aromatic rings. The number of carboxylic acid groups (broad SMARTS) is 1. The van der Waals surface area contributed by atoms with E-state index in [1.807, 2.05) is 13.0 Å². The lowest BCUT2D eigenvalue weighted by Crippen LogP contribution is -2.08. The van der Waals surface area contributed by atoms with Gasteiger partial charge in [0, 0.05) is 0 Å². The molecule has 1 saturated carbocycles. The lowest BCUT2D eigenvalue weighted by molar-refractivity contribution is -0.139. The van der Waals surface area contributed by atoms with Gasteiger partial charge in [0.1, 0.15) is 5.75 Å². The molecule has 3 unspecified atom stereocenters. The van der Waals surface area contributed by atoms with Gasteiger partial charge in [0.2, 0.25) is 0 Å². The second-order valence-corrected chi connectivity index (χ2v) is 6.08. The van der Waals surface area contributed by atoms with Crippen LogP contribution in [0.4, 0.5) is 0 Å². The molecule has 2 rings (SSSR count). The molecule has 0 spiro atoms. The Hall–Kier alpha value is -1.03. The van der Waals surface area contributed by atoms with E-state index in [1.165, 1.54) is 5.56 Å². The molecule has 3 atom stereocenters. The van der Waals surface area contributed by atoms with Crippen molar-refractivity contribution < 1.29 is 14.6 Å². The molecule has 0 radical (unpaired) electrons. The van der Waals surface area contributed by atoms with E-state index in [-0.39, 0.29) is 5.92 Å². The van der Waals surface area contributed by atoms with Crippen LogP contribution < -0.4 is 4.74 Å². The molecule has 0 heterocycles. The van der Waals surface area contributed by atoms with Crippen molar-refractivity contribution in [1.29, 1.82) is 0 Å². The largest absolute Gasteiger partial charge is 0.493 e. The summed E-state index contributed by atoms with van der Waals surface area (Å²) >= 11 is 3.51. The summed E-state index contributed by atoms with van der Waals surface area (Å²) in [5, 5.41) is 8.95. The minimum atomic E-state index is -0.648. The highest BCUT2D eigenvalue weighted by Gasteiger charge is 2.45. The van der Waals surface area contributed by atoms with Crippen LogP contribution in [-0.4, -0.2) is 17.7 Å². The molecule has 1 N–H and O–H groups in total. The Bertz CT molecular complexity index is 472. The summed E-state index contributed by atoms with van der Waals surface area (Å²) in [7, 11) is 0. The molecular formula is C15H19BrO3. The third-order valence-electron chi connectivity index (χ3n) is 3.74. The van der Waals surface area contributed by atoms with Gasteiger partial charge in [0.05, 0.1) is 17.0 Å². The van der Waals surface area contributed by atoms with Crippen molar-refractivity contribution >= 4 is 21.9 Å². The van der Waals surface area contributed by atoms with Crippen LogP contribution in [0.2, 0.25) is 0 Å². The molecule has 1 aliphatic rings. The second-order valence-electron chi connectivity index (χ2n) is 5.22. The molecule has 1 fully saturated rings. The van der Waals surface area contributed by atoms with Crippen LogP contribution in [0.1, 0.15) is 25.8 Å². The first-order valence-electron chi connectivity index (χ1n) is 6.67. The molecule has 3 nitrogen and oxygen atoms in total. The summed E-state index contributed by atoms with van der Waals surface area (Å²) in [5.41, 5.74) is 1.22. The van der Waals surface area contributed by atoms with E-state index in [0.717, 1.165) is 23.1 Å². The summed E-state index contributed by atoms with van der Waals surface area (Å²) in [6, 6.07) is 6.10. The minimum Gasteiger partial charge on any atom is -0.493 e. The molecule has 1 aromatic carbocycles. The number of rotatable bonds is 6. The van der Waals surface area contributed by atoms with Crippen molar-refractivity contribution in [2.75, 3.05) is 6.61 Å². The van der Waals surface area contributed by atoms with E-state index in [0.29, 0.717) is 18.4 Å². The molecule has 0 amide bonds. The predicted octanol–water partition coefficient (Wildman–Crippen LogP) is 3.75. The van der Waals surface area contributed by atoms with Gasteiger partial charge >= 0.3 is 5.97 Å². The summed E-state index contributed by atoms with van der Waals surface area (Å²) in [6.45, 7) is 4.75. The molecular weight excluding hydrogens is 308 g/mol. The zero-order valence-electron chi connectivity index (χ0n) is 11.2. The maximum atomic E-state index is 10.9. The fourth-order valence-corrected chi connectivity index (χ4v) is 3.14. The number of hydrogen-bond acceptors (Lipinski definition) is 2. The number of benzene rings is 1. The van der Waals surface area contributed by atoms with Crippen LogP contribution in [-0.2, 0) is 11.2 Å². The van der Waals surface area contributed by atoms with E-state index >= 15 is 0 Å². The first-order chi connectivity index (χ1) is 9.02. The fraction of sp³-hybridized carbons (Fsp3) is 0.533. The standard InChI is InChI=1S/C15H19BrO3/c1-3-19-14-5-4-10(7-13(14)16)6-9(2)11-8-12(11)15(17)18/h4-5,7,9,11-12H,3,6,8H2,1-2H3,(H,17,18). The number of halogens is 1. The number of hydrogen-bond donors (Lipinski definition) is 1. The van der Waals surface area contributed by atoms with Gasteiger partial charge in [0.25, 0.3) is 0 Å². The Morgan fingerprint density at radius 3 is 2.84 bits per heavy atom. The lowest BCUT2D eigenvalue weighted by Gasteiger charge is -2.12. The van der Waals surface area contributed by atoms with E-state index in [1.54, 1.807) is 0 Å². The molecule has 0 saturated heterocycles. The van der Waals surface area contributed by atoms with Crippen LogP contribution in [0.15, 0.2) is 22.7 Å². The molecule has 104 valence electrons. The average Bonchev–Trinajstić information content (AvgIpc) is 3.13. The number of carbonyl (C=O) groups is 1. The van der Waals surface area contributed by atoms with Crippen LogP contribution in [0.3, 0.4) is 0 Å². The maximum Gasteiger partial charge on any atom is 0.306 e. The SMILES string of the molecule is CCOc1ccc(CC(C)C2CC2C(=O)O)cc1Br. The van der Waals surface area contributed by atoms with Gasteiger partial charge in [-0.1, -0.05) is 13.0 Å². The molecule has 1 aliphatic carbocycles. The van der Waals surface area contributed by atoms with Crippen molar-refractivity contribution in [3.8, 4) is 5.75 Å². The van der Waals surface area contributed by atoms with Gasteiger partial charge < -0.3 is 9.84 Å². The van der Waals surface area contributed by atoms with Crippen LogP contribution >= 0.6 is 15.9 Å². The predicted molar refractivity (Wildman–Crippen MR) is 77.4 cm³/mol. The van der Waals surface area contributed by atoms with E-state index in [2.05, 4.69) is 35.0 Å². The molecule has 0 bridgehead atoms. The molecule has 4 heteroatoms. The van der Waals surface area contributed by atoms with Gasteiger partial charge in [-0.2, -0.15) is 0 Å². The van der Waals surface area contributed by atoms with E-state index in [9.17, 15) is 4.79 Å². The van der Waals surface area contributed by atoms with Crippen LogP contribution in [0, 0.1) is 17.8 Å². The monoisotopic (exact) mass is 326 g/mol. The second kappa shape index (κ2) is 5.95. The lowest BCUT2D eigenvalue weighted by atomic mass is 9.95. The Kier molecular flexibility index (Phi) is 4.50. The average molecular weight is 327 g/mol. The van der Waals surface area contributed by atoms with Gasteiger partial charge in [-0.05, 0) is 65.2 Å². The molecule has 0 aromatic heterocycles. The number of carboxylic acids is 1. The van der Waals surface area contributed by atoms with Gasteiger partial charge in [-0.15, -0.1) is 0 Å².